The number of pyridine rings is 1. The third-order valence-electron chi connectivity index (χ3n) is 7.52. The lowest BCUT2D eigenvalue weighted by molar-refractivity contribution is 0.0761. The fraction of sp³-hybridized carbons (Fsp3) is 0.654. The summed E-state index contributed by atoms with van der Waals surface area (Å²) in [6.07, 6.45) is 4.91. The molecule has 1 heterocycles. The fourth-order valence-corrected chi connectivity index (χ4v) is 5.69. The first-order chi connectivity index (χ1) is 21.1. The van der Waals surface area contributed by atoms with Gasteiger partial charge in [-0.25, -0.2) is 4.98 Å². The van der Waals surface area contributed by atoms with E-state index >= 15 is 0 Å². The van der Waals surface area contributed by atoms with E-state index in [1.165, 1.54) is 12.1 Å². The summed E-state index contributed by atoms with van der Waals surface area (Å²) >= 11 is 0. The molecule has 270 valence electrons. The van der Waals surface area contributed by atoms with Gasteiger partial charge in [0.05, 0.1) is 23.0 Å². The number of hydrogen-bond donors (Lipinski definition) is 4. The molecule has 4 N–H and O–H groups in total. The first-order valence-corrected chi connectivity index (χ1v) is 20.7. The van der Waals surface area contributed by atoms with Crippen molar-refractivity contribution in [1.82, 2.24) is 14.8 Å². The van der Waals surface area contributed by atoms with Crippen molar-refractivity contribution >= 4 is 52.3 Å². The van der Waals surface area contributed by atoms with Gasteiger partial charge in [0.2, 0.25) is 0 Å². The third kappa shape index (κ3) is 15.9. The molecule has 0 aliphatic carbocycles. The summed E-state index contributed by atoms with van der Waals surface area (Å²) in [6.45, 7) is 6.52. The lowest BCUT2D eigenvalue weighted by Crippen LogP contribution is -2.40. The highest BCUT2D eigenvalue weighted by atomic mass is 32.2. The van der Waals surface area contributed by atoms with Gasteiger partial charge in [0, 0.05) is 31.6 Å². The molecule has 1 atom stereocenters. The van der Waals surface area contributed by atoms with E-state index < -0.39 is 118 Å². The number of hydrogen-bond acceptors (Lipinski definition) is 11. The minimum atomic E-state index is -4.65. The smallest absolute Gasteiger partial charge is 0.272 e. The summed E-state index contributed by atoms with van der Waals surface area (Å²) < 4.78 is 128. The number of carbonyl (C=O) groups excluding carboxylic acids is 2. The standard InChI is InChI=1S/C26H43N3O14S4/c1-6-25(3,4)8-9-26(5,7-2)20-18-21(23(30)28(10-14-44(32,33)34)11-15-45(35,36)37)27-22(19-20)24(31)29(12-16-46(38,39)40)13-17-47(41,42)43/h8-9,18-19H,6-7,10-17H2,1-5H3,(H,32,33,34)(H,35,36,37)(H,38,39,40)(H,41,42,43)/b9-8+. The van der Waals surface area contributed by atoms with E-state index in [1.807, 2.05) is 39.8 Å². The molecule has 0 saturated heterocycles. The largest absolute Gasteiger partial charge is 0.335 e. The van der Waals surface area contributed by atoms with Crippen molar-refractivity contribution in [2.45, 2.75) is 52.9 Å². The van der Waals surface area contributed by atoms with Crippen molar-refractivity contribution in [2.24, 2.45) is 5.41 Å². The van der Waals surface area contributed by atoms with Crippen LogP contribution >= 0.6 is 0 Å². The molecule has 0 aliphatic rings. The second-order valence-electron chi connectivity index (χ2n) is 11.8. The van der Waals surface area contributed by atoms with Crippen LogP contribution in [0.1, 0.15) is 74.0 Å². The molecular formula is C26H43N3O14S4. The molecule has 0 bridgehead atoms. The average molecular weight is 750 g/mol. The third-order valence-corrected chi connectivity index (χ3v) is 10.3. The van der Waals surface area contributed by atoms with Crippen LogP contribution in [0, 0.1) is 5.41 Å². The predicted octanol–water partition coefficient (Wildman–Crippen LogP) is 1.18. The van der Waals surface area contributed by atoms with Crippen LogP contribution in [0.3, 0.4) is 0 Å². The molecule has 1 aromatic heterocycles. The van der Waals surface area contributed by atoms with Crippen molar-refractivity contribution < 1.29 is 61.5 Å². The minimum absolute atomic E-state index is 0.272. The number of carbonyl (C=O) groups is 2. The highest BCUT2D eigenvalue weighted by Gasteiger charge is 2.30. The Morgan fingerprint density at radius 3 is 1.21 bits per heavy atom. The summed E-state index contributed by atoms with van der Waals surface area (Å²) in [5.74, 6) is -6.28. The van der Waals surface area contributed by atoms with Gasteiger partial charge in [-0.2, -0.15) is 33.7 Å². The molecule has 0 spiro atoms. The number of allylic oxidation sites excluding steroid dienone is 2. The van der Waals surface area contributed by atoms with Crippen molar-refractivity contribution in [3.05, 3.63) is 41.2 Å². The molecular weight excluding hydrogens is 707 g/mol. The van der Waals surface area contributed by atoms with E-state index in [4.69, 9.17) is 0 Å². The molecule has 0 aromatic carbocycles. The predicted molar refractivity (Wildman–Crippen MR) is 173 cm³/mol. The Morgan fingerprint density at radius 2 is 0.957 bits per heavy atom. The van der Waals surface area contributed by atoms with E-state index in [2.05, 4.69) is 4.98 Å². The monoisotopic (exact) mass is 749 g/mol. The molecule has 1 aromatic rings. The van der Waals surface area contributed by atoms with Crippen LogP contribution in [-0.4, -0.2) is 128 Å². The second kappa shape index (κ2) is 16.2. The van der Waals surface area contributed by atoms with Gasteiger partial charge in [-0.1, -0.05) is 46.8 Å². The fourth-order valence-electron chi connectivity index (χ4n) is 3.88. The molecule has 0 saturated carbocycles. The Labute approximate surface area is 276 Å². The first kappa shape index (κ1) is 42.5. The SMILES string of the molecule is CCC(C)(C)/C=C/C(C)(CC)c1cc(C(=O)N(CCS(=O)(=O)O)CCS(=O)(=O)O)nc(C(=O)N(CCS(=O)(=O)O)CCS(=O)(=O)O)c1. The Morgan fingerprint density at radius 1 is 0.638 bits per heavy atom. The van der Waals surface area contributed by atoms with Gasteiger partial charge in [0.1, 0.15) is 11.4 Å². The summed E-state index contributed by atoms with van der Waals surface area (Å²) in [7, 11) is -18.6. The molecule has 1 rings (SSSR count). The zero-order valence-corrected chi connectivity index (χ0v) is 30.0. The van der Waals surface area contributed by atoms with Crippen molar-refractivity contribution in [3.8, 4) is 0 Å². The van der Waals surface area contributed by atoms with Crippen LogP contribution in [-0.2, 0) is 45.9 Å². The van der Waals surface area contributed by atoms with Gasteiger partial charge in [0.15, 0.2) is 0 Å². The molecule has 0 radical (unpaired) electrons. The maximum atomic E-state index is 13.7. The zero-order valence-electron chi connectivity index (χ0n) is 26.7. The van der Waals surface area contributed by atoms with Crippen LogP contribution in [0.5, 0.6) is 0 Å². The van der Waals surface area contributed by atoms with Gasteiger partial charge in [-0.05, 0) is 36.0 Å². The molecule has 0 fully saturated rings. The van der Waals surface area contributed by atoms with Crippen LogP contribution in [0.4, 0.5) is 0 Å². The highest BCUT2D eigenvalue weighted by Crippen LogP contribution is 2.33. The van der Waals surface area contributed by atoms with Crippen LogP contribution in [0.25, 0.3) is 0 Å². The number of rotatable bonds is 19. The summed E-state index contributed by atoms with van der Waals surface area (Å²) in [6, 6.07) is 2.56. The van der Waals surface area contributed by atoms with Crippen molar-refractivity contribution in [3.63, 3.8) is 0 Å². The van der Waals surface area contributed by atoms with E-state index in [1.54, 1.807) is 6.92 Å². The lowest BCUT2D eigenvalue weighted by Gasteiger charge is -2.29. The average Bonchev–Trinajstić information content (AvgIpc) is 2.93. The quantitative estimate of drug-likeness (QED) is 0.114. The Bertz CT molecular complexity index is 1580. The van der Waals surface area contributed by atoms with E-state index in [0.29, 0.717) is 21.8 Å². The number of amides is 2. The number of aromatic nitrogens is 1. The van der Waals surface area contributed by atoms with Gasteiger partial charge >= 0.3 is 0 Å². The van der Waals surface area contributed by atoms with Gasteiger partial charge < -0.3 is 9.80 Å². The van der Waals surface area contributed by atoms with Gasteiger partial charge in [-0.15, -0.1) is 0 Å². The number of nitrogens with zero attached hydrogens (tertiary/aromatic N) is 3. The van der Waals surface area contributed by atoms with Crippen LogP contribution in [0.15, 0.2) is 24.3 Å². The van der Waals surface area contributed by atoms with Crippen molar-refractivity contribution in [1.29, 1.82) is 0 Å². The lowest BCUT2D eigenvalue weighted by atomic mass is 9.77. The maximum absolute atomic E-state index is 13.7. The first-order valence-electron chi connectivity index (χ1n) is 14.2. The summed E-state index contributed by atoms with van der Waals surface area (Å²) in [4.78, 5) is 32.8. The summed E-state index contributed by atoms with van der Waals surface area (Å²) in [5, 5.41) is 0. The highest BCUT2D eigenvalue weighted by molar-refractivity contribution is 7.86. The van der Waals surface area contributed by atoms with E-state index in [-0.39, 0.29) is 5.41 Å². The molecule has 47 heavy (non-hydrogen) atoms. The van der Waals surface area contributed by atoms with Gasteiger partial charge in [0.25, 0.3) is 52.3 Å². The minimum Gasteiger partial charge on any atom is -0.335 e. The Kier molecular flexibility index (Phi) is 14.7. The van der Waals surface area contributed by atoms with E-state index in [9.17, 15) is 61.5 Å². The van der Waals surface area contributed by atoms with Gasteiger partial charge in [-0.3, -0.25) is 27.8 Å². The molecule has 2 amide bonds. The van der Waals surface area contributed by atoms with E-state index in [0.717, 1.165) is 6.42 Å². The Hall–Kier alpha value is -2.53. The topological polar surface area (TPSA) is 271 Å². The second-order valence-corrected chi connectivity index (χ2v) is 18.1. The maximum Gasteiger partial charge on any atom is 0.272 e. The zero-order chi connectivity index (χ0) is 36.6. The molecule has 21 heteroatoms. The molecule has 17 nitrogen and oxygen atoms in total. The van der Waals surface area contributed by atoms with Crippen LogP contribution in [0.2, 0.25) is 0 Å². The summed E-state index contributed by atoms with van der Waals surface area (Å²) in [5.41, 5.74) is -1.89. The Balaban J connectivity index is 3.97. The molecule has 1 unspecified atom stereocenters. The normalized spacial score (nSPS) is 14.6. The molecule has 0 aliphatic heterocycles. The van der Waals surface area contributed by atoms with Crippen LogP contribution < -0.4 is 0 Å². The van der Waals surface area contributed by atoms with Crippen molar-refractivity contribution in [2.75, 3.05) is 49.2 Å².